The van der Waals surface area contributed by atoms with Gasteiger partial charge in [0.25, 0.3) is 0 Å². The van der Waals surface area contributed by atoms with Crippen LogP contribution in [0.25, 0.3) is 0 Å². The van der Waals surface area contributed by atoms with Crippen molar-refractivity contribution in [2.45, 2.75) is 39.3 Å². The average Bonchev–Trinajstić information content (AvgIpc) is 2.25. The Hall–Kier alpha value is -1.02. The topological polar surface area (TPSA) is 23.5 Å². The van der Waals surface area contributed by atoms with Gasteiger partial charge in [-0.3, -0.25) is 4.90 Å². The van der Waals surface area contributed by atoms with Crippen molar-refractivity contribution < 1.29 is 5.11 Å². The van der Waals surface area contributed by atoms with E-state index < -0.39 is 0 Å². The normalized spacial score (nSPS) is 26.9. The highest BCUT2D eigenvalue weighted by molar-refractivity contribution is 5.25. The van der Waals surface area contributed by atoms with Crippen LogP contribution < -0.4 is 0 Å². The summed E-state index contributed by atoms with van der Waals surface area (Å²) < 4.78 is 0. The van der Waals surface area contributed by atoms with Crippen molar-refractivity contribution in [3.8, 4) is 5.75 Å². The lowest BCUT2D eigenvalue weighted by molar-refractivity contribution is 0.122. The zero-order valence-corrected chi connectivity index (χ0v) is 10.2. The molecule has 0 bridgehead atoms. The minimum absolute atomic E-state index is 0.351. The minimum atomic E-state index is 0.351. The number of hydrogen-bond acceptors (Lipinski definition) is 2. The number of aromatic hydroxyl groups is 1. The molecule has 1 saturated heterocycles. The van der Waals surface area contributed by atoms with E-state index in [9.17, 15) is 5.11 Å². The SMILES string of the molecule is CC1CCN(Cc2ccc(O)cc2)C(C)C1. The van der Waals surface area contributed by atoms with Crippen molar-refractivity contribution in [3.63, 3.8) is 0 Å². The Labute approximate surface area is 97.9 Å². The molecule has 0 amide bonds. The van der Waals surface area contributed by atoms with Gasteiger partial charge in [-0.2, -0.15) is 0 Å². The third-order valence-corrected chi connectivity index (χ3v) is 3.60. The number of benzene rings is 1. The zero-order chi connectivity index (χ0) is 11.5. The summed E-state index contributed by atoms with van der Waals surface area (Å²) in [4.78, 5) is 2.53. The summed E-state index contributed by atoms with van der Waals surface area (Å²) >= 11 is 0. The van der Waals surface area contributed by atoms with Crippen LogP contribution in [0, 0.1) is 5.92 Å². The molecular formula is C14H21NO. The van der Waals surface area contributed by atoms with E-state index in [0.717, 1.165) is 12.5 Å². The molecule has 1 N–H and O–H groups in total. The predicted molar refractivity (Wildman–Crippen MR) is 66.4 cm³/mol. The van der Waals surface area contributed by atoms with Crippen molar-refractivity contribution in [1.82, 2.24) is 4.90 Å². The van der Waals surface area contributed by atoms with Crippen LogP contribution in [-0.4, -0.2) is 22.6 Å². The highest BCUT2D eigenvalue weighted by Crippen LogP contribution is 2.24. The van der Waals surface area contributed by atoms with Crippen LogP contribution in [0.15, 0.2) is 24.3 Å². The maximum atomic E-state index is 9.24. The molecule has 1 heterocycles. The Kier molecular flexibility index (Phi) is 3.49. The molecule has 0 aromatic heterocycles. The largest absolute Gasteiger partial charge is 0.508 e. The third kappa shape index (κ3) is 2.76. The molecule has 2 nitrogen and oxygen atoms in total. The lowest BCUT2D eigenvalue weighted by Gasteiger charge is -2.36. The molecule has 1 aromatic carbocycles. The van der Waals surface area contributed by atoms with E-state index in [1.807, 2.05) is 12.1 Å². The van der Waals surface area contributed by atoms with Gasteiger partial charge in [0.2, 0.25) is 0 Å². The Morgan fingerprint density at radius 2 is 1.94 bits per heavy atom. The smallest absolute Gasteiger partial charge is 0.115 e. The van der Waals surface area contributed by atoms with Crippen LogP contribution in [0.2, 0.25) is 0 Å². The first-order chi connectivity index (χ1) is 7.65. The molecule has 0 saturated carbocycles. The molecule has 2 atom stereocenters. The maximum Gasteiger partial charge on any atom is 0.115 e. The molecule has 2 rings (SSSR count). The van der Waals surface area contributed by atoms with E-state index in [4.69, 9.17) is 0 Å². The zero-order valence-electron chi connectivity index (χ0n) is 10.2. The number of rotatable bonds is 2. The number of piperidine rings is 1. The molecule has 0 aliphatic carbocycles. The second-order valence-electron chi connectivity index (χ2n) is 5.12. The van der Waals surface area contributed by atoms with Gasteiger partial charge in [0.15, 0.2) is 0 Å². The average molecular weight is 219 g/mol. The molecule has 1 aliphatic heterocycles. The fourth-order valence-electron chi connectivity index (χ4n) is 2.53. The van der Waals surface area contributed by atoms with Gasteiger partial charge in [0.1, 0.15) is 5.75 Å². The summed E-state index contributed by atoms with van der Waals surface area (Å²) in [5, 5.41) is 9.24. The summed E-state index contributed by atoms with van der Waals surface area (Å²) in [5.74, 6) is 1.22. The van der Waals surface area contributed by atoms with Crippen LogP contribution in [0.4, 0.5) is 0 Å². The summed E-state index contributed by atoms with van der Waals surface area (Å²) in [6, 6.07) is 8.25. The summed E-state index contributed by atoms with van der Waals surface area (Å²) in [7, 11) is 0. The van der Waals surface area contributed by atoms with E-state index in [1.54, 1.807) is 12.1 Å². The molecule has 2 unspecified atom stereocenters. The first-order valence-electron chi connectivity index (χ1n) is 6.17. The van der Waals surface area contributed by atoms with E-state index in [-0.39, 0.29) is 0 Å². The first kappa shape index (κ1) is 11.5. The van der Waals surface area contributed by atoms with E-state index in [1.165, 1.54) is 24.9 Å². The van der Waals surface area contributed by atoms with Gasteiger partial charge in [-0.15, -0.1) is 0 Å². The van der Waals surface area contributed by atoms with Gasteiger partial charge in [0.05, 0.1) is 0 Å². The van der Waals surface area contributed by atoms with Crippen LogP contribution in [0.3, 0.4) is 0 Å². The lowest BCUT2D eigenvalue weighted by atomic mass is 9.93. The Morgan fingerprint density at radius 1 is 1.25 bits per heavy atom. The summed E-state index contributed by atoms with van der Waals surface area (Å²) in [5.41, 5.74) is 1.29. The van der Waals surface area contributed by atoms with Crippen molar-refractivity contribution in [1.29, 1.82) is 0 Å². The van der Waals surface area contributed by atoms with Crippen LogP contribution >= 0.6 is 0 Å². The molecule has 1 fully saturated rings. The van der Waals surface area contributed by atoms with Crippen LogP contribution in [0.5, 0.6) is 5.75 Å². The first-order valence-corrected chi connectivity index (χ1v) is 6.17. The second-order valence-corrected chi connectivity index (χ2v) is 5.12. The molecular weight excluding hydrogens is 198 g/mol. The summed E-state index contributed by atoms with van der Waals surface area (Å²) in [6.07, 6.45) is 2.61. The van der Waals surface area contributed by atoms with Crippen LogP contribution in [0.1, 0.15) is 32.3 Å². The number of hydrogen-bond donors (Lipinski definition) is 1. The fourth-order valence-corrected chi connectivity index (χ4v) is 2.53. The Balaban J connectivity index is 1.96. The highest BCUT2D eigenvalue weighted by Gasteiger charge is 2.22. The fraction of sp³-hybridized carbons (Fsp3) is 0.571. The molecule has 1 aromatic rings. The highest BCUT2D eigenvalue weighted by atomic mass is 16.3. The van der Waals surface area contributed by atoms with E-state index in [2.05, 4.69) is 18.7 Å². The van der Waals surface area contributed by atoms with Gasteiger partial charge < -0.3 is 5.11 Å². The maximum absolute atomic E-state index is 9.24. The van der Waals surface area contributed by atoms with Gasteiger partial charge in [-0.1, -0.05) is 19.1 Å². The second kappa shape index (κ2) is 4.88. The molecule has 88 valence electrons. The van der Waals surface area contributed by atoms with E-state index >= 15 is 0 Å². The predicted octanol–water partition coefficient (Wildman–Crippen LogP) is 3.01. The lowest BCUT2D eigenvalue weighted by Crippen LogP contribution is -2.39. The number of likely N-dealkylation sites (tertiary alicyclic amines) is 1. The monoisotopic (exact) mass is 219 g/mol. The van der Waals surface area contributed by atoms with E-state index in [0.29, 0.717) is 11.8 Å². The Morgan fingerprint density at radius 3 is 2.56 bits per heavy atom. The van der Waals surface area contributed by atoms with Crippen molar-refractivity contribution in [2.24, 2.45) is 5.92 Å². The van der Waals surface area contributed by atoms with Gasteiger partial charge in [-0.05, 0) is 49.9 Å². The summed E-state index contributed by atoms with van der Waals surface area (Å²) in [6.45, 7) is 6.86. The van der Waals surface area contributed by atoms with Gasteiger partial charge >= 0.3 is 0 Å². The number of phenolic OH excluding ortho intramolecular Hbond substituents is 1. The van der Waals surface area contributed by atoms with Crippen LogP contribution in [-0.2, 0) is 6.54 Å². The molecule has 0 radical (unpaired) electrons. The molecule has 16 heavy (non-hydrogen) atoms. The third-order valence-electron chi connectivity index (χ3n) is 3.60. The minimum Gasteiger partial charge on any atom is -0.508 e. The Bertz CT molecular complexity index is 333. The van der Waals surface area contributed by atoms with Crippen molar-refractivity contribution in [2.75, 3.05) is 6.54 Å². The van der Waals surface area contributed by atoms with Crippen molar-refractivity contribution in [3.05, 3.63) is 29.8 Å². The molecule has 2 heteroatoms. The quantitative estimate of drug-likeness (QED) is 0.826. The van der Waals surface area contributed by atoms with Crippen molar-refractivity contribution >= 4 is 0 Å². The number of phenols is 1. The number of nitrogens with zero attached hydrogens (tertiary/aromatic N) is 1. The molecule has 0 spiro atoms. The van der Waals surface area contributed by atoms with Gasteiger partial charge in [-0.25, -0.2) is 0 Å². The van der Waals surface area contributed by atoms with Gasteiger partial charge in [0, 0.05) is 12.6 Å². The standard InChI is InChI=1S/C14H21NO/c1-11-7-8-15(12(2)9-11)10-13-3-5-14(16)6-4-13/h3-6,11-12,16H,7-10H2,1-2H3. The molecule has 1 aliphatic rings.